The van der Waals surface area contributed by atoms with Gasteiger partial charge in [-0.25, -0.2) is 0 Å². The van der Waals surface area contributed by atoms with Gasteiger partial charge in [0.1, 0.15) is 17.9 Å². The molecule has 1 N–H and O–H groups in total. The standard InChI is InChI=1S/C23H35NO4/c1-4-27-21(25)16-8-6-10-24(13-16)14-18-17-11-19-15(2)7-5-9-23(19,3)12-20(17)28-22(18)26/h16-20H,2,4-14H2,1,3H3/p+1/t16-,17+,18-,19+,20-,23-/m0/s1. The lowest BCUT2D eigenvalue weighted by Crippen LogP contribution is -3.14. The van der Waals surface area contributed by atoms with E-state index in [0.29, 0.717) is 18.4 Å². The minimum absolute atomic E-state index is 0.00591. The maximum Gasteiger partial charge on any atom is 0.315 e. The van der Waals surface area contributed by atoms with Crippen molar-refractivity contribution in [3.63, 3.8) is 0 Å². The van der Waals surface area contributed by atoms with Crippen LogP contribution in [-0.2, 0) is 19.1 Å². The second-order valence-electron chi connectivity index (χ2n) is 9.90. The van der Waals surface area contributed by atoms with Gasteiger partial charge in [-0.05, 0) is 63.2 Å². The molecule has 4 aliphatic rings. The normalized spacial score (nSPS) is 43.1. The van der Waals surface area contributed by atoms with Gasteiger partial charge in [0.05, 0.1) is 26.2 Å². The van der Waals surface area contributed by atoms with E-state index in [1.165, 1.54) is 23.3 Å². The minimum atomic E-state index is -0.0708. The maximum absolute atomic E-state index is 12.8. The zero-order chi connectivity index (χ0) is 19.9. The first-order valence-corrected chi connectivity index (χ1v) is 11.3. The first-order valence-electron chi connectivity index (χ1n) is 11.3. The molecule has 2 aliphatic heterocycles. The highest BCUT2D eigenvalue weighted by molar-refractivity contribution is 5.75. The van der Waals surface area contributed by atoms with Crippen molar-refractivity contribution in [3.05, 3.63) is 12.2 Å². The smallest absolute Gasteiger partial charge is 0.315 e. The molecule has 7 atom stereocenters. The number of hydrogen-bond donors (Lipinski definition) is 1. The number of esters is 2. The fourth-order valence-corrected chi connectivity index (χ4v) is 6.60. The van der Waals surface area contributed by atoms with Crippen LogP contribution in [0.1, 0.15) is 58.8 Å². The third kappa shape index (κ3) is 3.62. The molecule has 4 rings (SSSR count). The molecule has 0 spiro atoms. The van der Waals surface area contributed by atoms with E-state index in [1.54, 1.807) is 0 Å². The van der Waals surface area contributed by atoms with Crippen molar-refractivity contribution >= 4 is 11.9 Å². The Hall–Kier alpha value is -1.36. The summed E-state index contributed by atoms with van der Waals surface area (Å²) in [5.41, 5.74) is 1.64. The first kappa shape index (κ1) is 19.9. The lowest BCUT2D eigenvalue weighted by atomic mass is 9.55. The lowest BCUT2D eigenvalue weighted by Gasteiger charge is -2.50. The van der Waals surface area contributed by atoms with E-state index in [9.17, 15) is 9.59 Å². The number of allylic oxidation sites excluding steroid dienone is 1. The Morgan fingerprint density at radius 3 is 3.00 bits per heavy atom. The summed E-state index contributed by atoms with van der Waals surface area (Å²) in [6.07, 6.45) is 7.62. The van der Waals surface area contributed by atoms with E-state index in [2.05, 4.69) is 13.5 Å². The second-order valence-corrected chi connectivity index (χ2v) is 9.90. The minimum Gasteiger partial charge on any atom is -0.466 e. The summed E-state index contributed by atoms with van der Waals surface area (Å²) >= 11 is 0. The number of fused-ring (bicyclic) bond motifs is 2. The molecule has 0 amide bonds. The topological polar surface area (TPSA) is 57.0 Å². The van der Waals surface area contributed by atoms with Gasteiger partial charge >= 0.3 is 11.9 Å². The Kier molecular flexibility index (Phi) is 5.56. The van der Waals surface area contributed by atoms with Gasteiger partial charge in [0.15, 0.2) is 0 Å². The molecular weight excluding hydrogens is 354 g/mol. The Bertz CT molecular complexity index is 647. The van der Waals surface area contributed by atoms with Crippen LogP contribution in [0.15, 0.2) is 12.2 Å². The number of carbonyl (C=O) groups excluding carboxylic acids is 2. The maximum atomic E-state index is 12.8. The van der Waals surface area contributed by atoms with Crippen molar-refractivity contribution < 1.29 is 24.0 Å². The van der Waals surface area contributed by atoms with E-state index in [-0.39, 0.29) is 35.3 Å². The van der Waals surface area contributed by atoms with Gasteiger partial charge in [0, 0.05) is 5.92 Å². The molecule has 4 fully saturated rings. The molecule has 1 unspecified atom stereocenters. The van der Waals surface area contributed by atoms with Crippen LogP contribution in [-0.4, -0.2) is 44.3 Å². The van der Waals surface area contributed by atoms with Crippen molar-refractivity contribution in [2.45, 2.75) is 64.9 Å². The van der Waals surface area contributed by atoms with E-state index >= 15 is 0 Å². The number of nitrogens with one attached hydrogen (secondary N) is 1. The molecule has 156 valence electrons. The molecule has 0 aromatic carbocycles. The zero-order valence-electron chi connectivity index (χ0n) is 17.5. The molecule has 0 radical (unpaired) electrons. The van der Waals surface area contributed by atoms with Gasteiger partial charge < -0.3 is 14.4 Å². The van der Waals surface area contributed by atoms with Crippen LogP contribution in [0.4, 0.5) is 0 Å². The van der Waals surface area contributed by atoms with Crippen LogP contribution in [0.5, 0.6) is 0 Å². The molecule has 2 saturated heterocycles. The molecule has 0 aromatic rings. The van der Waals surface area contributed by atoms with Crippen molar-refractivity contribution in [2.75, 3.05) is 26.2 Å². The SMILES string of the molecule is C=C1CCC[C@@]2(C)C[C@@H]3OC(=O)[C@@H](C[NH+]4CCC[C@H](C(=O)OCC)C4)[C@H]3C[C@H]12. The van der Waals surface area contributed by atoms with Crippen molar-refractivity contribution in [3.8, 4) is 0 Å². The molecular formula is C23H36NO4+. The number of quaternary nitrogens is 1. The third-order valence-electron chi connectivity index (χ3n) is 8.07. The number of carbonyl (C=O) groups is 2. The summed E-state index contributed by atoms with van der Waals surface area (Å²) in [6.45, 7) is 11.7. The molecule has 5 nitrogen and oxygen atoms in total. The summed E-state index contributed by atoms with van der Waals surface area (Å²) in [5, 5.41) is 0. The molecule has 2 aliphatic carbocycles. The van der Waals surface area contributed by atoms with Gasteiger partial charge in [0.25, 0.3) is 0 Å². The van der Waals surface area contributed by atoms with E-state index in [0.717, 1.165) is 51.7 Å². The van der Waals surface area contributed by atoms with Crippen LogP contribution >= 0.6 is 0 Å². The Morgan fingerprint density at radius 2 is 2.21 bits per heavy atom. The van der Waals surface area contributed by atoms with Crippen LogP contribution < -0.4 is 4.90 Å². The molecule has 0 bridgehead atoms. The number of piperidine rings is 1. The summed E-state index contributed by atoms with van der Waals surface area (Å²) in [4.78, 5) is 26.3. The molecule has 2 heterocycles. The number of likely N-dealkylation sites (tertiary alicyclic amines) is 1. The van der Waals surface area contributed by atoms with Gasteiger partial charge in [-0.15, -0.1) is 0 Å². The number of hydrogen-bond acceptors (Lipinski definition) is 4. The fourth-order valence-electron chi connectivity index (χ4n) is 6.60. The number of ether oxygens (including phenoxy) is 2. The molecule has 28 heavy (non-hydrogen) atoms. The van der Waals surface area contributed by atoms with E-state index in [4.69, 9.17) is 9.47 Å². The number of rotatable bonds is 4. The van der Waals surface area contributed by atoms with Crippen molar-refractivity contribution in [1.29, 1.82) is 0 Å². The summed E-state index contributed by atoms with van der Waals surface area (Å²) in [6, 6.07) is 0. The average molecular weight is 391 g/mol. The van der Waals surface area contributed by atoms with Crippen LogP contribution in [0, 0.1) is 29.1 Å². The van der Waals surface area contributed by atoms with Crippen LogP contribution in [0.3, 0.4) is 0 Å². The lowest BCUT2D eigenvalue weighted by molar-refractivity contribution is -0.910. The van der Waals surface area contributed by atoms with Crippen molar-refractivity contribution in [1.82, 2.24) is 0 Å². The summed E-state index contributed by atoms with van der Waals surface area (Å²) < 4.78 is 11.1. The molecule has 5 heteroatoms. The van der Waals surface area contributed by atoms with Gasteiger partial charge in [-0.2, -0.15) is 0 Å². The molecule has 2 saturated carbocycles. The predicted molar refractivity (Wildman–Crippen MR) is 106 cm³/mol. The largest absolute Gasteiger partial charge is 0.466 e. The van der Waals surface area contributed by atoms with E-state index < -0.39 is 0 Å². The summed E-state index contributed by atoms with van der Waals surface area (Å²) in [7, 11) is 0. The monoisotopic (exact) mass is 390 g/mol. The average Bonchev–Trinajstić information content (AvgIpc) is 2.94. The summed E-state index contributed by atoms with van der Waals surface area (Å²) in [5.74, 6) is 0.719. The highest BCUT2D eigenvalue weighted by atomic mass is 16.6. The zero-order valence-corrected chi connectivity index (χ0v) is 17.5. The highest BCUT2D eigenvalue weighted by Crippen LogP contribution is 2.56. The van der Waals surface area contributed by atoms with E-state index in [1.807, 2.05) is 6.92 Å². The van der Waals surface area contributed by atoms with Gasteiger partial charge in [-0.3, -0.25) is 9.59 Å². The van der Waals surface area contributed by atoms with Crippen LogP contribution in [0.25, 0.3) is 0 Å². The Labute approximate surface area is 168 Å². The third-order valence-corrected chi connectivity index (χ3v) is 8.07. The Balaban J connectivity index is 1.43. The highest BCUT2D eigenvalue weighted by Gasteiger charge is 2.56. The van der Waals surface area contributed by atoms with Gasteiger partial charge in [0.2, 0.25) is 0 Å². The predicted octanol–water partition coefficient (Wildman–Crippen LogP) is 2.16. The first-order chi connectivity index (χ1) is 13.4. The van der Waals surface area contributed by atoms with Crippen LogP contribution in [0.2, 0.25) is 0 Å². The second kappa shape index (κ2) is 7.81. The Morgan fingerprint density at radius 1 is 1.39 bits per heavy atom. The molecule has 0 aromatic heterocycles. The quantitative estimate of drug-likeness (QED) is 0.590. The van der Waals surface area contributed by atoms with Crippen molar-refractivity contribution in [2.24, 2.45) is 29.1 Å². The van der Waals surface area contributed by atoms with Gasteiger partial charge in [-0.1, -0.05) is 19.1 Å². The fraction of sp³-hybridized carbons (Fsp3) is 0.826.